The second kappa shape index (κ2) is 3.01. The van der Waals surface area contributed by atoms with Gasteiger partial charge in [-0.2, -0.15) is 0 Å². The molecule has 0 aliphatic heterocycles. The monoisotopic (exact) mass is 142 g/mol. The van der Waals surface area contributed by atoms with Crippen molar-refractivity contribution in [3.05, 3.63) is 0 Å². The van der Waals surface area contributed by atoms with Crippen LogP contribution in [-0.2, 0) is 4.79 Å². The van der Waals surface area contributed by atoms with Gasteiger partial charge in [-0.25, -0.2) is 0 Å². The van der Waals surface area contributed by atoms with E-state index in [4.69, 9.17) is 0 Å². The second-order valence-corrected chi connectivity index (χ2v) is 2.85. The fraction of sp³-hybridized carbons (Fsp3) is 0.857. The van der Waals surface area contributed by atoms with Gasteiger partial charge < -0.3 is 10.6 Å². The van der Waals surface area contributed by atoms with E-state index in [1.807, 2.05) is 7.05 Å². The van der Waals surface area contributed by atoms with Gasteiger partial charge in [0.1, 0.15) is 0 Å². The van der Waals surface area contributed by atoms with Crippen molar-refractivity contribution in [1.82, 2.24) is 10.6 Å². The van der Waals surface area contributed by atoms with E-state index in [-0.39, 0.29) is 5.91 Å². The molecule has 0 aromatic carbocycles. The minimum Gasteiger partial charge on any atom is -0.353 e. The van der Waals surface area contributed by atoms with Crippen molar-refractivity contribution in [3.8, 4) is 0 Å². The zero-order chi connectivity index (χ0) is 7.56. The molecule has 0 radical (unpaired) electrons. The first-order valence-corrected chi connectivity index (χ1v) is 3.66. The van der Waals surface area contributed by atoms with Crippen molar-refractivity contribution < 1.29 is 4.79 Å². The number of amides is 1. The molecule has 0 aromatic rings. The summed E-state index contributed by atoms with van der Waals surface area (Å²) < 4.78 is 0. The van der Waals surface area contributed by atoms with E-state index in [0.717, 1.165) is 12.8 Å². The predicted octanol–water partition coefficient (Wildman–Crippen LogP) is -0.127. The van der Waals surface area contributed by atoms with Crippen LogP contribution in [0.3, 0.4) is 0 Å². The third kappa shape index (κ3) is 1.70. The molecule has 0 saturated heterocycles. The van der Waals surface area contributed by atoms with E-state index in [1.165, 1.54) is 0 Å². The van der Waals surface area contributed by atoms with Crippen LogP contribution in [0.2, 0.25) is 0 Å². The summed E-state index contributed by atoms with van der Waals surface area (Å²) in [5.41, 5.74) is 0. The molecular weight excluding hydrogens is 128 g/mol. The fourth-order valence-electron chi connectivity index (χ4n) is 1.26. The second-order valence-electron chi connectivity index (χ2n) is 2.85. The van der Waals surface area contributed by atoms with Crippen LogP contribution < -0.4 is 10.6 Å². The Labute approximate surface area is 61.2 Å². The average molecular weight is 142 g/mol. The average Bonchev–Trinajstić information content (AvgIpc) is 1.76. The molecule has 1 amide bonds. The lowest BCUT2D eigenvalue weighted by Crippen LogP contribution is -2.50. The number of hydrogen-bond acceptors (Lipinski definition) is 2. The highest BCUT2D eigenvalue weighted by atomic mass is 16.1. The van der Waals surface area contributed by atoms with E-state index >= 15 is 0 Å². The highest BCUT2D eigenvalue weighted by Crippen LogP contribution is 2.18. The third-order valence-corrected chi connectivity index (χ3v) is 1.95. The van der Waals surface area contributed by atoms with E-state index in [2.05, 4.69) is 10.6 Å². The van der Waals surface area contributed by atoms with Crippen molar-refractivity contribution in [2.75, 3.05) is 7.05 Å². The number of hydrogen-bond donors (Lipinski definition) is 2. The van der Waals surface area contributed by atoms with Gasteiger partial charge in [-0.15, -0.1) is 0 Å². The molecule has 1 rings (SSSR count). The van der Waals surface area contributed by atoms with Gasteiger partial charge in [0.15, 0.2) is 0 Å². The van der Waals surface area contributed by atoms with Crippen LogP contribution in [0.1, 0.15) is 19.8 Å². The summed E-state index contributed by atoms with van der Waals surface area (Å²) in [6.07, 6.45) is 2.16. The van der Waals surface area contributed by atoms with Crippen molar-refractivity contribution in [1.29, 1.82) is 0 Å². The van der Waals surface area contributed by atoms with E-state index in [1.54, 1.807) is 6.92 Å². The van der Waals surface area contributed by atoms with Crippen molar-refractivity contribution in [3.63, 3.8) is 0 Å². The van der Waals surface area contributed by atoms with Crippen LogP contribution in [0.5, 0.6) is 0 Å². The highest BCUT2D eigenvalue weighted by Gasteiger charge is 2.27. The summed E-state index contributed by atoms with van der Waals surface area (Å²) in [5.74, 6) is 0.0829. The van der Waals surface area contributed by atoms with E-state index in [9.17, 15) is 4.79 Å². The lowest BCUT2D eigenvalue weighted by atomic mass is 9.87. The molecule has 2 N–H and O–H groups in total. The van der Waals surface area contributed by atoms with Crippen molar-refractivity contribution in [2.45, 2.75) is 31.8 Å². The summed E-state index contributed by atoms with van der Waals surface area (Å²) in [4.78, 5) is 10.5. The van der Waals surface area contributed by atoms with Crippen LogP contribution in [-0.4, -0.2) is 25.0 Å². The predicted molar refractivity (Wildman–Crippen MR) is 39.7 cm³/mol. The van der Waals surface area contributed by atoms with Crippen LogP contribution >= 0.6 is 0 Å². The number of carbonyl (C=O) groups excluding carboxylic acids is 1. The molecule has 1 saturated carbocycles. The lowest BCUT2D eigenvalue weighted by molar-refractivity contribution is -0.120. The highest BCUT2D eigenvalue weighted by molar-refractivity contribution is 5.73. The van der Waals surface area contributed by atoms with Crippen LogP contribution in [0.15, 0.2) is 0 Å². The van der Waals surface area contributed by atoms with E-state index < -0.39 is 0 Å². The lowest BCUT2D eigenvalue weighted by Gasteiger charge is -2.35. The standard InChI is InChI=1S/C7H14N2O/c1-5(10)9-7-3-6(4-7)8-2/h6-8H,3-4H2,1-2H3,(H,9,10)/t6-,7-. The Kier molecular flexibility index (Phi) is 2.27. The van der Waals surface area contributed by atoms with Gasteiger partial charge in [-0.1, -0.05) is 0 Å². The first-order chi connectivity index (χ1) is 4.72. The largest absolute Gasteiger partial charge is 0.353 e. The molecule has 1 aliphatic carbocycles. The minimum atomic E-state index is 0.0829. The summed E-state index contributed by atoms with van der Waals surface area (Å²) >= 11 is 0. The molecule has 3 nitrogen and oxygen atoms in total. The molecule has 10 heavy (non-hydrogen) atoms. The molecule has 0 aromatic heterocycles. The molecule has 1 fully saturated rings. The van der Waals surface area contributed by atoms with Gasteiger partial charge in [0.05, 0.1) is 0 Å². The molecule has 0 heterocycles. The zero-order valence-electron chi connectivity index (χ0n) is 6.48. The summed E-state index contributed by atoms with van der Waals surface area (Å²) in [5, 5.41) is 6.02. The molecule has 0 atom stereocenters. The normalized spacial score (nSPS) is 31.0. The maximum absolute atomic E-state index is 10.5. The van der Waals surface area contributed by atoms with Gasteiger partial charge in [0.25, 0.3) is 0 Å². The van der Waals surface area contributed by atoms with Gasteiger partial charge >= 0.3 is 0 Å². The zero-order valence-corrected chi connectivity index (χ0v) is 6.48. The maximum atomic E-state index is 10.5. The molecule has 0 bridgehead atoms. The van der Waals surface area contributed by atoms with Gasteiger partial charge in [-0.3, -0.25) is 4.79 Å². The minimum absolute atomic E-state index is 0.0829. The summed E-state index contributed by atoms with van der Waals surface area (Å²) in [6, 6.07) is 1.05. The smallest absolute Gasteiger partial charge is 0.217 e. The first kappa shape index (κ1) is 7.54. The van der Waals surface area contributed by atoms with Gasteiger partial charge in [0.2, 0.25) is 5.91 Å². The number of nitrogens with one attached hydrogen (secondary N) is 2. The first-order valence-electron chi connectivity index (χ1n) is 3.66. The topological polar surface area (TPSA) is 41.1 Å². The molecule has 1 aliphatic rings. The summed E-state index contributed by atoms with van der Waals surface area (Å²) in [7, 11) is 1.95. The SMILES string of the molecule is CN[C@H]1C[C@H](NC(C)=O)C1. The van der Waals surface area contributed by atoms with Crippen LogP contribution in [0.4, 0.5) is 0 Å². The van der Waals surface area contributed by atoms with Crippen molar-refractivity contribution >= 4 is 5.91 Å². The molecule has 0 spiro atoms. The number of carbonyl (C=O) groups is 1. The number of rotatable bonds is 2. The van der Waals surface area contributed by atoms with Gasteiger partial charge in [0, 0.05) is 19.0 Å². The Morgan fingerprint density at radius 2 is 2.00 bits per heavy atom. The molecule has 0 unspecified atom stereocenters. The third-order valence-electron chi connectivity index (χ3n) is 1.95. The fourth-order valence-corrected chi connectivity index (χ4v) is 1.26. The Morgan fingerprint density at radius 1 is 1.40 bits per heavy atom. The Balaban J connectivity index is 2.08. The molecular formula is C7H14N2O. The van der Waals surface area contributed by atoms with Crippen LogP contribution in [0.25, 0.3) is 0 Å². The van der Waals surface area contributed by atoms with E-state index in [0.29, 0.717) is 12.1 Å². The van der Waals surface area contributed by atoms with Gasteiger partial charge in [-0.05, 0) is 19.9 Å². The van der Waals surface area contributed by atoms with Crippen molar-refractivity contribution in [2.24, 2.45) is 0 Å². The quantitative estimate of drug-likeness (QED) is 0.564. The Morgan fingerprint density at radius 3 is 2.40 bits per heavy atom. The molecule has 3 heteroatoms. The maximum Gasteiger partial charge on any atom is 0.217 e. The summed E-state index contributed by atoms with van der Waals surface area (Å²) in [6.45, 7) is 1.56. The molecule has 58 valence electrons. The van der Waals surface area contributed by atoms with Crippen LogP contribution in [0, 0.1) is 0 Å². The Hall–Kier alpha value is -0.570. The Bertz CT molecular complexity index is 130.